The summed E-state index contributed by atoms with van der Waals surface area (Å²) in [5, 5.41) is 0. The number of ether oxygens (including phenoxy) is 2. The van der Waals surface area contributed by atoms with Crippen LogP contribution in [0.2, 0.25) is 0 Å². The van der Waals surface area contributed by atoms with E-state index in [-0.39, 0.29) is 17.3 Å². The van der Waals surface area contributed by atoms with Gasteiger partial charge >= 0.3 is 0 Å². The summed E-state index contributed by atoms with van der Waals surface area (Å²) in [5.74, 6) is 0.982. The van der Waals surface area contributed by atoms with Gasteiger partial charge in [-0.1, -0.05) is 34.1 Å². The summed E-state index contributed by atoms with van der Waals surface area (Å²) in [6.45, 7) is 1.96. The molecule has 0 bridgehead atoms. The Labute approximate surface area is 144 Å². The van der Waals surface area contributed by atoms with Crippen LogP contribution in [0.5, 0.6) is 11.5 Å². The Morgan fingerprint density at radius 2 is 1.87 bits per heavy atom. The molecule has 0 fully saturated rings. The number of benzene rings is 2. The summed E-state index contributed by atoms with van der Waals surface area (Å²) in [5.41, 5.74) is 0. The molecule has 0 aliphatic rings. The van der Waals surface area contributed by atoms with Crippen molar-refractivity contribution < 1.29 is 17.9 Å². The maximum atomic E-state index is 12.5. The third-order valence-electron chi connectivity index (χ3n) is 3.01. The molecule has 2 aromatic carbocycles. The summed E-state index contributed by atoms with van der Waals surface area (Å²) >= 11 is 3.27. The molecule has 1 N–H and O–H groups in total. The van der Waals surface area contributed by atoms with Crippen molar-refractivity contribution in [2.75, 3.05) is 13.7 Å². The van der Waals surface area contributed by atoms with Crippen LogP contribution in [0.25, 0.3) is 0 Å². The van der Waals surface area contributed by atoms with Crippen LogP contribution in [0.1, 0.15) is 6.92 Å². The van der Waals surface area contributed by atoms with Crippen molar-refractivity contribution >= 4 is 26.0 Å². The van der Waals surface area contributed by atoms with E-state index < -0.39 is 16.1 Å². The van der Waals surface area contributed by atoms with Crippen molar-refractivity contribution in [1.82, 2.24) is 4.72 Å². The zero-order chi connectivity index (χ0) is 16.9. The lowest BCUT2D eigenvalue weighted by molar-refractivity contribution is 0.287. The molecular weight excluding hydrogens is 382 g/mol. The Morgan fingerprint density at radius 3 is 2.52 bits per heavy atom. The minimum absolute atomic E-state index is 0.0842. The monoisotopic (exact) mass is 399 g/mol. The highest BCUT2D eigenvalue weighted by Crippen LogP contribution is 2.27. The summed E-state index contributed by atoms with van der Waals surface area (Å²) in [6.07, 6.45) is 0. The largest absolute Gasteiger partial charge is 0.495 e. The number of nitrogens with one attached hydrogen (secondary N) is 1. The van der Waals surface area contributed by atoms with Crippen molar-refractivity contribution in [3.05, 3.63) is 53.0 Å². The van der Waals surface area contributed by atoms with E-state index in [1.807, 2.05) is 30.3 Å². The van der Waals surface area contributed by atoms with Gasteiger partial charge in [0.15, 0.2) is 0 Å². The van der Waals surface area contributed by atoms with Gasteiger partial charge in [-0.15, -0.1) is 0 Å². The summed E-state index contributed by atoms with van der Waals surface area (Å²) in [6, 6.07) is 13.7. The standard InChI is InChI=1S/C16H18BrNO4S/c1-12(11-22-14-6-4-3-5-7-14)18-23(19,20)16-10-13(17)8-9-15(16)21-2/h3-10,12,18H,11H2,1-2H3/t12-/m0/s1. The van der Waals surface area contributed by atoms with Gasteiger partial charge in [0.2, 0.25) is 10.0 Å². The summed E-state index contributed by atoms with van der Waals surface area (Å²) in [4.78, 5) is 0.0842. The van der Waals surface area contributed by atoms with Gasteiger partial charge in [0.1, 0.15) is 23.0 Å². The SMILES string of the molecule is COc1ccc(Br)cc1S(=O)(=O)N[C@@H](C)COc1ccccc1. The van der Waals surface area contributed by atoms with E-state index in [2.05, 4.69) is 20.7 Å². The number of sulfonamides is 1. The van der Waals surface area contributed by atoms with E-state index >= 15 is 0 Å². The first kappa shape index (κ1) is 17.8. The van der Waals surface area contributed by atoms with Gasteiger partial charge in [0, 0.05) is 4.47 Å². The quantitative estimate of drug-likeness (QED) is 0.776. The molecule has 124 valence electrons. The summed E-state index contributed by atoms with van der Waals surface area (Å²) < 4.78 is 39.0. The molecule has 0 saturated carbocycles. The van der Waals surface area contributed by atoms with Crippen molar-refractivity contribution in [2.24, 2.45) is 0 Å². The minimum atomic E-state index is -3.71. The van der Waals surface area contributed by atoms with Gasteiger partial charge in [-0.25, -0.2) is 13.1 Å². The van der Waals surface area contributed by atoms with E-state index in [1.54, 1.807) is 19.1 Å². The maximum absolute atomic E-state index is 12.5. The molecule has 23 heavy (non-hydrogen) atoms. The highest BCUT2D eigenvalue weighted by Gasteiger charge is 2.22. The fourth-order valence-electron chi connectivity index (χ4n) is 1.96. The first-order chi connectivity index (χ1) is 10.9. The third-order valence-corrected chi connectivity index (χ3v) is 5.12. The van der Waals surface area contributed by atoms with E-state index in [4.69, 9.17) is 9.47 Å². The molecule has 7 heteroatoms. The predicted octanol–water partition coefficient (Wildman–Crippen LogP) is 3.20. The molecule has 1 atom stereocenters. The second-order valence-corrected chi connectivity index (χ2v) is 7.54. The Hall–Kier alpha value is -1.57. The molecule has 0 heterocycles. The van der Waals surface area contributed by atoms with Crippen molar-refractivity contribution in [2.45, 2.75) is 17.9 Å². The van der Waals surface area contributed by atoms with Crippen LogP contribution in [-0.4, -0.2) is 28.2 Å². The average Bonchev–Trinajstić information content (AvgIpc) is 2.53. The summed E-state index contributed by atoms with van der Waals surface area (Å²) in [7, 11) is -2.28. The first-order valence-corrected chi connectivity index (χ1v) is 9.23. The Bertz CT molecular complexity index is 750. The minimum Gasteiger partial charge on any atom is -0.495 e. The van der Waals surface area contributed by atoms with Crippen LogP contribution in [0.3, 0.4) is 0 Å². The molecule has 0 amide bonds. The molecule has 0 unspecified atom stereocenters. The fraction of sp³-hybridized carbons (Fsp3) is 0.250. The van der Waals surface area contributed by atoms with Gasteiger partial charge in [-0.3, -0.25) is 0 Å². The van der Waals surface area contributed by atoms with Crippen LogP contribution in [0.15, 0.2) is 57.9 Å². The van der Waals surface area contributed by atoms with Crippen LogP contribution < -0.4 is 14.2 Å². The lowest BCUT2D eigenvalue weighted by Crippen LogP contribution is -2.36. The molecule has 2 rings (SSSR count). The topological polar surface area (TPSA) is 64.6 Å². The van der Waals surface area contributed by atoms with Crippen LogP contribution >= 0.6 is 15.9 Å². The van der Waals surface area contributed by atoms with Gasteiger partial charge < -0.3 is 9.47 Å². The molecule has 0 spiro atoms. The highest BCUT2D eigenvalue weighted by molar-refractivity contribution is 9.10. The number of hydrogen-bond donors (Lipinski definition) is 1. The second-order valence-electron chi connectivity index (χ2n) is 4.94. The molecule has 0 aromatic heterocycles. The number of rotatable bonds is 7. The first-order valence-electron chi connectivity index (χ1n) is 6.96. The van der Waals surface area contributed by atoms with E-state index in [1.165, 1.54) is 13.2 Å². The maximum Gasteiger partial charge on any atom is 0.244 e. The highest BCUT2D eigenvalue weighted by atomic mass is 79.9. The molecule has 0 aliphatic carbocycles. The van der Waals surface area contributed by atoms with Crippen molar-refractivity contribution in [1.29, 1.82) is 0 Å². The predicted molar refractivity (Wildman–Crippen MR) is 92.4 cm³/mol. The number of methoxy groups -OCH3 is 1. The van der Waals surface area contributed by atoms with Gasteiger partial charge in [-0.05, 0) is 37.3 Å². The molecule has 0 radical (unpaired) electrons. The molecule has 2 aromatic rings. The van der Waals surface area contributed by atoms with Crippen LogP contribution in [0.4, 0.5) is 0 Å². The molecular formula is C16H18BrNO4S. The van der Waals surface area contributed by atoms with Crippen LogP contribution in [-0.2, 0) is 10.0 Å². The number of hydrogen-bond acceptors (Lipinski definition) is 4. The zero-order valence-electron chi connectivity index (χ0n) is 12.8. The number of para-hydroxylation sites is 1. The molecule has 0 aliphatic heterocycles. The van der Waals surface area contributed by atoms with E-state index in [0.29, 0.717) is 10.2 Å². The number of halogens is 1. The van der Waals surface area contributed by atoms with Crippen molar-refractivity contribution in [3.8, 4) is 11.5 Å². The van der Waals surface area contributed by atoms with Crippen LogP contribution in [0, 0.1) is 0 Å². The van der Waals surface area contributed by atoms with Gasteiger partial charge in [-0.2, -0.15) is 0 Å². The molecule has 0 saturated heterocycles. The van der Waals surface area contributed by atoms with E-state index in [9.17, 15) is 8.42 Å². The lowest BCUT2D eigenvalue weighted by atomic mass is 10.3. The van der Waals surface area contributed by atoms with Gasteiger partial charge in [0.25, 0.3) is 0 Å². The molecule has 5 nitrogen and oxygen atoms in total. The smallest absolute Gasteiger partial charge is 0.244 e. The normalized spacial score (nSPS) is 12.7. The zero-order valence-corrected chi connectivity index (χ0v) is 15.2. The third kappa shape index (κ3) is 4.95. The van der Waals surface area contributed by atoms with Crippen molar-refractivity contribution in [3.63, 3.8) is 0 Å². The fourth-order valence-corrected chi connectivity index (χ4v) is 3.90. The average molecular weight is 400 g/mol. The Kier molecular flexibility index (Phi) is 6.04. The van der Waals surface area contributed by atoms with Gasteiger partial charge in [0.05, 0.1) is 13.2 Å². The lowest BCUT2D eigenvalue weighted by Gasteiger charge is -2.16. The second kappa shape index (κ2) is 7.81. The van der Waals surface area contributed by atoms with E-state index in [0.717, 1.165) is 0 Å². The Morgan fingerprint density at radius 1 is 1.17 bits per heavy atom. The Balaban J connectivity index is 2.07.